The van der Waals surface area contributed by atoms with Crippen molar-refractivity contribution in [2.75, 3.05) is 0 Å². The van der Waals surface area contributed by atoms with Crippen molar-refractivity contribution in [3.8, 4) is 0 Å². The molecule has 0 radical (unpaired) electrons. The third-order valence-electron chi connectivity index (χ3n) is 6.50. The molecule has 0 N–H and O–H groups in total. The first-order valence-corrected chi connectivity index (χ1v) is 11.7. The molecule has 27 heavy (non-hydrogen) atoms. The van der Waals surface area contributed by atoms with Crippen LogP contribution in [0.15, 0.2) is 48.5 Å². The van der Waals surface area contributed by atoms with Gasteiger partial charge in [0.15, 0.2) is 0 Å². The maximum absolute atomic E-state index is 3.36. The first-order valence-electron chi connectivity index (χ1n) is 11.2. The van der Waals surface area contributed by atoms with Crippen LogP contribution in [0.25, 0.3) is 0 Å². The van der Waals surface area contributed by atoms with Crippen molar-refractivity contribution >= 4 is 9.24 Å². The Kier molecular flexibility index (Phi) is 7.54. The number of unbranched alkanes of at least 4 members (excludes halogenated alkanes) is 2. The molecule has 0 saturated heterocycles. The summed E-state index contributed by atoms with van der Waals surface area (Å²) < 4.78 is 0. The highest BCUT2D eigenvalue weighted by Crippen LogP contribution is 2.55. The summed E-state index contributed by atoms with van der Waals surface area (Å²) in [5.74, 6) is 0.618. The van der Waals surface area contributed by atoms with Gasteiger partial charge in [-0.25, -0.2) is 0 Å². The van der Waals surface area contributed by atoms with Crippen LogP contribution < -0.4 is 0 Å². The van der Waals surface area contributed by atoms with E-state index in [1.807, 2.05) is 0 Å². The van der Waals surface area contributed by atoms with Gasteiger partial charge >= 0.3 is 0 Å². The van der Waals surface area contributed by atoms with Gasteiger partial charge in [-0.3, -0.25) is 0 Å². The molecule has 0 bridgehead atoms. The van der Waals surface area contributed by atoms with E-state index in [1.165, 1.54) is 64.2 Å². The number of rotatable bonds is 8. The van der Waals surface area contributed by atoms with E-state index in [4.69, 9.17) is 0 Å². The molecule has 0 aliphatic heterocycles. The lowest BCUT2D eigenvalue weighted by Gasteiger charge is -2.44. The average molecular weight is 381 g/mol. The van der Waals surface area contributed by atoms with E-state index in [2.05, 4.69) is 71.6 Å². The molecule has 0 heterocycles. The van der Waals surface area contributed by atoms with Crippen LogP contribution in [0.4, 0.5) is 0 Å². The van der Waals surface area contributed by atoms with Crippen LogP contribution in [0, 0.1) is 0 Å². The van der Waals surface area contributed by atoms with Crippen LogP contribution in [-0.2, 0) is 18.0 Å². The Balaban J connectivity index is 2.01. The summed E-state index contributed by atoms with van der Waals surface area (Å²) in [6.07, 6.45) is 12.9. The predicted molar refractivity (Wildman–Crippen MR) is 123 cm³/mol. The molecule has 1 aliphatic carbocycles. The van der Waals surface area contributed by atoms with Crippen molar-refractivity contribution in [2.24, 2.45) is 0 Å². The van der Waals surface area contributed by atoms with Gasteiger partial charge in [-0.1, -0.05) is 88.1 Å². The van der Waals surface area contributed by atoms with Gasteiger partial charge in [0.25, 0.3) is 0 Å². The van der Waals surface area contributed by atoms with E-state index in [9.17, 15) is 0 Å². The largest absolute Gasteiger partial charge is 0.126 e. The highest BCUT2D eigenvalue weighted by atomic mass is 31.0. The zero-order valence-electron chi connectivity index (χ0n) is 17.3. The molecular weight excluding hydrogens is 343 g/mol. The van der Waals surface area contributed by atoms with Gasteiger partial charge in [-0.15, -0.1) is 9.24 Å². The second-order valence-corrected chi connectivity index (χ2v) is 9.43. The fraction of sp³-hybridized carbons (Fsp3) is 0.538. The smallest absolute Gasteiger partial charge is 0.0168 e. The van der Waals surface area contributed by atoms with Gasteiger partial charge < -0.3 is 0 Å². The summed E-state index contributed by atoms with van der Waals surface area (Å²) in [6, 6.07) is 18.6. The van der Waals surface area contributed by atoms with Crippen molar-refractivity contribution in [1.29, 1.82) is 0 Å². The minimum atomic E-state index is 0.185. The van der Waals surface area contributed by atoms with Crippen LogP contribution in [0.1, 0.15) is 93.4 Å². The van der Waals surface area contributed by atoms with Gasteiger partial charge in [0, 0.05) is 5.16 Å². The molecule has 146 valence electrons. The van der Waals surface area contributed by atoms with Gasteiger partial charge in [0.1, 0.15) is 0 Å². The van der Waals surface area contributed by atoms with Crippen LogP contribution >= 0.6 is 9.24 Å². The fourth-order valence-corrected chi connectivity index (χ4v) is 5.81. The maximum atomic E-state index is 3.36. The van der Waals surface area contributed by atoms with Gasteiger partial charge in [-0.05, 0) is 66.7 Å². The minimum Gasteiger partial charge on any atom is -0.126 e. The standard InChI is InChI=1S/C26H37P/c1-3-5-13-21-15-7-9-17-23(21)25-19-11-12-20-26(25,27)24-18-10-8-16-22(24)14-6-4-2/h7-10,15-18,25H,3-6,11-14,19-20,27H2,1-2H3. The SMILES string of the molecule is CCCCc1ccccc1C1CCCCC1(P)c1ccccc1CCCC. The van der Waals surface area contributed by atoms with Crippen molar-refractivity contribution < 1.29 is 0 Å². The van der Waals surface area contributed by atoms with Crippen molar-refractivity contribution in [1.82, 2.24) is 0 Å². The van der Waals surface area contributed by atoms with Crippen molar-refractivity contribution in [3.63, 3.8) is 0 Å². The number of hydrogen-bond acceptors (Lipinski definition) is 0. The van der Waals surface area contributed by atoms with Crippen LogP contribution in [-0.4, -0.2) is 0 Å². The zero-order chi connectivity index (χ0) is 19.1. The fourth-order valence-electron chi connectivity index (χ4n) is 4.98. The Morgan fingerprint density at radius 2 is 1.48 bits per heavy atom. The minimum absolute atomic E-state index is 0.185. The molecule has 0 amide bonds. The Morgan fingerprint density at radius 3 is 2.22 bits per heavy atom. The van der Waals surface area contributed by atoms with Crippen molar-refractivity contribution in [3.05, 3.63) is 70.8 Å². The van der Waals surface area contributed by atoms with E-state index < -0.39 is 0 Å². The number of benzene rings is 2. The number of hydrogen-bond donors (Lipinski definition) is 0. The zero-order valence-corrected chi connectivity index (χ0v) is 18.5. The first kappa shape index (κ1) is 20.6. The molecule has 0 aromatic heterocycles. The summed E-state index contributed by atoms with van der Waals surface area (Å²) in [5, 5.41) is 0.185. The van der Waals surface area contributed by atoms with Gasteiger partial charge in [0.05, 0.1) is 0 Å². The van der Waals surface area contributed by atoms with Crippen LogP contribution in [0.2, 0.25) is 0 Å². The highest BCUT2D eigenvalue weighted by Gasteiger charge is 2.40. The van der Waals surface area contributed by atoms with Gasteiger partial charge in [-0.2, -0.15) is 0 Å². The Labute approximate surface area is 169 Å². The molecule has 2 aromatic carbocycles. The van der Waals surface area contributed by atoms with Crippen LogP contribution in [0.5, 0.6) is 0 Å². The topological polar surface area (TPSA) is 0 Å². The average Bonchev–Trinajstić information content (AvgIpc) is 2.71. The molecule has 1 fully saturated rings. The van der Waals surface area contributed by atoms with E-state index in [1.54, 1.807) is 22.3 Å². The lowest BCUT2D eigenvalue weighted by molar-refractivity contribution is 0.347. The monoisotopic (exact) mass is 380 g/mol. The number of aryl methyl sites for hydroxylation is 2. The lowest BCUT2D eigenvalue weighted by Crippen LogP contribution is -2.32. The molecule has 1 heteroatoms. The second-order valence-electron chi connectivity index (χ2n) is 8.40. The predicted octanol–water partition coefficient (Wildman–Crippen LogP) is 7.80. The summed E-state index contributed by atoms with van der Waals surface area (Å²) >= 11 is 0. The van der Waals surface area contributed by atoms with Crippen LogP contribution in [0.3, 0.4) is 0 Å². The summed E-state index contributed by atoms with van der Waals surface area (Å²) in [6.45, 7) is 4.60. The summed E-state index contributed by atoms with van der Waals surface area (Å²) in [4.78, 5) is 0. The Hall–Kier alpha value is -1.13. The van der Waals surface area contributed by atoms with Gasteiger partial charge in [0.2, 0.25) is 0 Å². The quantitative estimate of drug-likeness (QED) is 0.410. The van der Waals surface area contributed by atoms with E-state index >= 15 is 0 Å². The maximum Gasteiger partial charge on any atom is 0.0168 e. The summed E-state index contributed by atoms with van der Waals surface area (Å²) in [5.41, 5.74) is 6.38. The van der Waals surface area contributed by atoms with Crippen molar-refractivity contribution in [2.45, 2.75) is 89.1 Å². The molecular formula is C26H37P. The molecule has 0 spiro atoms. The highest BCUT2D eigenvalue weighted by molar-refractivity contribution is 7.18. The van der Waals surface area contributed by atoms with E-state index in [-0.39, 0.29) is 5.16 Å². The lowest BCUT2D eigenvalue weighted by atomic mass is 9.69. The second kappa shape index (κ2) is 9.88. The molecule has 3 atom stereocenters. The Bertz CT molecular complexity index is 720. The normalized spacial score (nSPS) is 22.7. The molecule has 3 unspecified atom stereocenters. The first-order chi connectivity index (χ1) is 13.2. The molecule has 1 aliphatic rings. The third kappa shape index (κ3) is 4.65. The molecule has 1 saturated carbocycles. The third-order valence-corrected chi connectivity index (χ3v) is 7.51. The Morgan fingerprint density at radius 1 is 0.852 bits per heavy atom. The molecule has 2 aromatic rings. The van der Waals surface area contributed by atoms with E-state index in [0.29, 0.717) is 5.92 Å². The summed E-state index contributed by atoms with van der Waals surface area (Å²) in [7, 11) is 3.36. The van der Waals surface area contributed by atoms with E-state index in [0.717, 1.165) is 0 Å². The molecule has 3 rings (SSSR count). The molecule has 0 nitrogen and oxygen atoms in total.